The number of carboxylic acid groups (broad SMARTS) is 1. The molecule has 0 saturated heterocycles. The van der Waals surface area contributed by atoms with Crippen LogP contribution < -0.4 is 5.32 Å². The van der Waals surface area contributed by atoms with Crippen LogP contribution in [0.5, 0.6) is 0 Å². The SMILES string of the molecule is CCCCCCNC1CCC(C(=O)O)(C2CCC(CCC)CC2)CC1. The van der Waals surface area contributed by atoms with Crippen molar-refractivity contribution in [2.45, 2.75) is 110 Å². The molecule has 0 aliphatic heterocycles. The summed E-state index contributed by atoms with van der Waals surface area (Å²) in [5.41, 5.74) is -0.419. The Hall–Kier alpha value is -0.570. The predicted molar refractivity (Wildman–Crippen MR) is 105 cm³/mol. The molecule has 0 amide bonds. The van der Waals surface area contributed by atoms with Crippen molar-refractivity contribution in [3.63, 3.8) is 0 Å². The maximum Gasteiger partial charge on any atom is 0.309 e. The molecule has 2 aliphatic rings. The quantitative estimate of drug-likeness (QED) is 0.491. The van der Waals surface area contributed by atoms with Crippen LogP contribution in [-0.4, -0.2) is 23.7 Å². The fourth-order valence-electron chi connectivity index (χ4n) is 5.40. The Morgan fingerprint density at radius 2 is 1.64 bits per heavy atom. The van der Waals surface area contributed by atoms with Crippen LogP contribution in [0.3, 0.4) is 0 Å². The first-order valence-corrected chi connectivity index (χ1v) is 11.1. The molecule has 3 heteroatoms. The Morgan fingerprint density at radius 1 is 0.960 bits per heavy atom. The predicted octanol–water partition coefficient (Wildman–Crippen LogP) is 5.78. The van der Waals surface area contributed by atoms with Gasteiger partial charge in [-0.25, -0.2) is 0 Å². The van der Waals surface area contributed by atoms with E-state index in [0.29, 0.717) is 12.0 Å². The van der Waals surface area contributed by atoms with Crippen molar-refractivity contribution < 1.29 is 9.90 Å². The number of hydrogen-bond donors (Lipinski definition) is 2. The summed E-state index contributed by atoms with van der Waals surface area (Å²) in [7, 11) is 0. The highest BCUT2D eigenvalue weighted by Gasteiger charge is 2.48. The molecule has 3 nitrogen and oxygen atoms in total. The molecule has 0 heterocycles. The summed E-state index contributed by atoms with van der Waals surface area (Å²) in [6, 6.07) is 0.547. The highest BCUT2D eigenvalue weighted by Crippen LogP contribution is 2.49. The van der Waals surface area contributed by atoms with Gasteiger partial charge in [0.15, 0.2) is 0 Å². The zero-order valence-electron chi connectivity index (χ0n) is 16.7. The fourth-order valence-corrected chi connectivity index (χ4v) is 5.40. The zero-order chi connectivity index (χ0) is 18.1. The molecule has 0 aromatic carbocycles. The lowest BCUT2D eigenvalue weighted by atomic mass is 9.60. The van der Waals surface area contributed by atoms with Crippen molar-refractivity contribution in [2.75, 3.05) is 6.54 Å². The summed E-state index contributed by atoms with van der Waals surface area (Å²) >= 11 is 0. The molecule has 0 radical (unpaired) electrons. The second-order valence-electron chi connectivity index (χ2n) is 8.76. The zero-order valence-corrected chi connectivity index (χ0v) is 16.7. The van der Waals surface area contributed by atoms with Gasteiger partial charge in [0.05, 0.1) is 5.41 Å². The third-order valence-electron chi connectivity index (χ3n) is 7.09. The number of nitrogens with one attached hydrogen (secondary N) is 1. The van der Waals surface area contributed by atoms with Crippen molar-refractivity contribution in [3.8, 4) is 0 Å². The average Bonchev–Trinajstić information content (AvgIpc) is 2.63. The van der Waals surface area contributed by atoms with Gasteiger partial charge in [-0.15, -0.1) is 0 Å². The van der Waals surface area contributed by atoms with Crippen molar-refractivity contribution in [2.24, 2.45) is 17.3 Å². The lowest BCUT2D eigenvalue weighted by molar-refractivity contribution is -0.157. The number of unbranched alkanes of at least 4 members (excludes halogenated alkanes) is 3. The van der Waals surface area contributed by atoms with E-state index in [4.69, 9.17) is 0 Å². The van der Waals surface area contributed by atoms with Gasteiger partial charge >= 0.3 is 5.97 Å². The summed E-state index contributed by atoms with van der Waals surface area (Å²) in [4.78, 5) is 12.2. The first-order valence-electron chi connectivity index (χ1n) is 11.1. The fraction of sp³-hybridized carbons (Fsp3) is 0.955. The van der Waals surface area contributed by atoms with Crippen molar-refractivity contribution in [1.82, 2.24) is 5.32 Å². The van der Waals surface area contributed by atoms with E-state index in [2.05, 4.69) is 19.2 Å². The number of carbonyl (C=O) groups is 1. The van der Waals surface area contributed by atoms with Crippen molar-refractivity contribution in [3.05, 3.63) is 0 Å². The monoisotopic (exact) mass is 351 g/mol. The van der Waals surface area contributed by atoms with Gasteiger partial charge in [-0.1, -0.05) is 58.8 Å². The maximum absolute atomic E-state index is 12.2. The molecule has 0 bridgehead atoms. The molecule has 2 N–H and O–H groups in total. The average molecular weight is 352 g/mol. The van der Waals surface area contributed by atoms with Gasteiger partial charge in [0.2, 0.25) is 0 Å². The molecular weight excluding hydrogens is 310 g/mol. The second kappa shape index (κ2) is 10.5. The van der Waals surface area contributed by atoms with Crippen LogP contribution in [0.15, 0.2) is 0 Å². The van der Waals surface area contributed by atoms with Crippen molar-refractivity contribution >= 4 is 5.97 Å². The molecule has 146 valence electrons. The summed E-state index contributed by atoms with van der Waals surface area (Å²) in [5, 5.41) is 13.7. The van der Waals surface area contributed by atoms with E-state index in [9.17, 15) is 9.90 Å². The van der Waals surface area contributed by atoms with Gasteiger partial charge < -0.3 is 10.4 Å². The van der Waals surface area contributed by atoms with Crippen LogP contribution in [0.1, 0.15) is 104 Å². The lowest BCUT2D eigenvalue weighted by Crippen LogP contribution is -2.46. The van der Waals surface area contributed by atoms with E-state index in [1.54, 1.807) is 0 Å². The summed E-state index contributed by atoms with van der Waals surface area (Å²) in [6.07, 6.45) is 16.5. The number of hydrogen-bond acceptors (Lipinski definition) is 2. The Kier molecular flexibility index (Phi) is 8.75. The molecule has 2 rings (SSSR count). The van der Waals surface area contributed by atoms with Gasteiger partial charge in [0.1, 0.15) is 0 Å². The van der Waals surface area contributed by atoms with E-state index in [1.807, 2.05) is 0 Å². The molecule has 2 aliphatic carbocycles. The standard InChI is InChI=1S/C22H41NO2/c1-3-5-6-7-17-23-20-13-15-22(16-14-20,21(24)25)19-11-9-18(8-4-2)10-12-19/h18-20,23H,3-17H2,1-2H3,(H,24,25). The van der Waals surface area contributed by atoms with Crippen molar-refractivity contribution in [1.29, 1.82) is 0 Å². The number of carboxylic acids is 1. The molecule has 0 spiro atoms. The van der Waals surface area contributed by atoms with E-state index >= 15 is 0 Å². The number of rotatable bonds is 10. The molecule has 0 aromatic heterocycles. The Bertz CT molecular complexity index is 379. The third-order valence-corrected chi connectivity index (χ3v) is 7.09. The minimum absolute atomic E-state index is 0.419. The van der Waals surface area contributed by atoms with Crippen LogP contribution in [0.25, 0.3) is 0 Å². The van der Waals surface area contributed by atoms with Gasteiger partial charge in [0, 0.05) is 6.04 Å². The van der Waals surface area contributed by atoms with Crippen LogP contribution in [0.2, 0.25) is 0 Å². The Morgan fingerprint density at radius 3 is 2.20 bits per heavy atom. The summed E-state index contributed by atoms with van der Waals surface area (Å²) in [5.74, 6) is 0.768. The Balaban J connectivity index is 1.79. The van der Waals surface area contributed by atoms with Gasteiger partial charge in [-0.05, 0) is 63.3 Å². The first kappa shape index (κ1) is 20.7. The van der Waals surface area contributed by atoms with Crippen LogP contribution in [0, 0.1) is 17.3 Å². The minimum Gasteiger partial charge on any atom is -0.481 e. The van der Waals surface area contributed by atoms with E-state index in [0.717, 1.165) is 51.0 Å². The molecule has 0 unspecified atom stereocenters. The summed E-state index contributed by atoms with van der Waals surface area (Å²) in [6.45, 7) is 5.62. The number of aliphatic carboxylic acids is 1. The highest BCUT2D eigenvalue weighted by atomic mass is 16.4. The Labute approximate surface area is 155 Å². The largest absolute Gasteiger partial charge is 0.481 e. The van der Waals surface area contributed by atoms with E-state index in [-0.39, 0.29) is 0 Å². The molecule has 0 atom stereocenters. The third kappa shape index (κ3) is 5.70. The lowest BCUT2D eigenvalue weighted by Gasteiger charge is -2.45. The molecule has 2 fully saturated rings. The summed E-state index contributed by atoms with van der Waals surface area (Å²) < 4.78 is 0. The second-order valence-corrected chi connectivity index (χ2v) is 8.76. The molecule has 0 aromatic rings. The maximum atomic E-state index is 12.2. The van der Waals surface area contributed by atoms with E-state index < -0.39 is 11.4 Å². The molecule has 2 saturated carbocycles. The van der Waals surface area contributed by atoms with E-state index in [1.165, 1.54) is 51.4 Å². The van der Waals surface area contributed by atoms with Crippen LogP contribution >= 0.6 is 0 Å². The topological polar surface area (TPSA) is 49.3 Å². The van der Waals surface area contributed by atoms with Crippen LogP contribution in [-0.2, 0) is 4.79 Å². The molecular formula is C22H41NO2. The van der Waals surface area contributed by atoms with Crippen LogP contribution in [0.4, 0.5) is 0 Å². The van der Waals surface area contributed by atoms with Gasteiger partial charge in [0.25, 0.3) is 0 Å². The first-order chi connectivity index (χ1) is 12.1. The smallest absolute Gasteiger partial charge is 0.309 e. The van der Waals surface area contributed by atoms with Gasteiger partial charge in [-0.3, -0.25) is 4.79 Å². The van der Waals surface area contributed by atoms with Gasteiger partial charge in [-0.2, -0.15) is 0 Å². The molecule has 25 heavy (non-hydrogen) atoms. The highest BCUT2D eigenvalue weighted by molar-refractivity contribution is 5.75. The normalized spacial score (nSPS) is 33.3. The minimum atomic E-state index is -0.507.